The predicted octanol–water partition coefficient (Wildman–Crippen LogP) is 3.43. The van der Waals surface area contributed by atoms with Gasteiger partial charge in [0.2, 0.25) is 0 Å². The Balaban J connectivity index is 2.44. The lowest BCUT2D eigenvalue weighted by atomic mass is 9.72. The summed E-state index contributed by atoms with van der Waals surface area (Å²) in [5.74, 6) is 1.27. The molecule has 1 aliphatic heterocycles. The number of aliphatic hydroxyl groups excluding tert-OH is 1. The van der Waals surface area contributed by atoms with Crippen LogP contribution in [-0.2, 0) is 4.74 Å². The first-order valence-corrected chi connectivity index (χ1v) is 8.89. The molecule has 1 aromatic carbocycles. The van der Waals surface area contributed by atoms with Gasteiger partial charge in [-0.2, -0.15) is 0 Å². The number of amides is 1. The van der Waals surface area contributed by atoms with E-state index in [1.54, 1.807) is 18.9 Å². The minimum absolute atomic E-state index is 0.0465. The van der Waals surface area contributed by atoms with Gasteiger partial charge in [-0.25, -0.2) is 4.79 Å². The van der Waals surface area contributed by atoms with Crippen molar-refractivity contribution in [2.24, 2.45) is 5.41 Å². The fraction of sp³-hybridized carbons (Fsp3) is 0.650. The lowest BCUT2D eigenvalue weighted by molar-refractivity contribution is 0.0469. The Morgan fingerprint density at radius 2 is 1.96 bits per heavy atom. The number of aliphatic hydroxyl groups is 1. The van der Waals surface area contributed by atoms with E-state index in [1.165, 1.54) is 7.11 Å². The van der Waals surface area contributed by atoms with Crippen molar-refractivity contribution in [2.75, 3.05) is 27.3 Å². The zero-order chi connectivity index (χ0) is 19.7. The molecule has 0 spiro atoms. The van der Waals surface area contributed by atoms with Crippen molar-refractivity contribution in [1.82, 2.24) is 4.90 Å². The second-order valence-electron chi connectivity index (χ2n) is 8.21. The number of likely N-dealkylation sites (tertiary alicyclic amines) is 1. The number of hydrogen-bond acceptors (Lipinski definition) is 5. The zero-order valence-electron chi connectivity index (χ0n) is 16.8. The molecule has 1 aliphatic rings. The quantitative estimate of drug-likeness (QED) is 0.885. The van der Waals surface area contributed by atoms with Gasteiger partial charge in [0, 0.05) is 24.4 Å². The van der Waals surface area contributed by atoms with Gasteiger partial charge in [-0.15, -0.1) is 0 Å². The molecule has 1 aromatic rings. The summed E-state index contributed by atoms with van der Waals surface area (Å²) in [5, 5.41) is 10.4. The molecule has 26 heavy (non-hydrogen) atoms. The van der Waals surface area contributed by atoms with Gasteiger partial charge < -0.3 is 24.2 Å². The zero-order valence-corrected chi connectivity index (χ0v) is 16.8. The van der Waals surface area contributed by atoms with Gasteiger partial charge in [-0.3, -0.25) is 0 Å². The number of rotatable bonds is 4. The highest BCUT2D eigenvalue weighted by Crippen LogP contribution is 2.47. The topological polar surface area (TPSA) is 68.2 Å². The van der Waals surface area contributed by atoms with E-state index in [0.717, 1.165) is 5.56 Å². The van der Waals surface area contributed by atoms with E-state index in [9.17, 15) is 9.90 Å². The van der Waals surface area contributed by atoms with Gasteiger partial charge in [0.25, 0.3) is 0 Å². The summed E-state index contributed by atoms with van der Waals surface area (Å²) in [5.41, 5.74) is 0.148. The highest BCUT2D eigenvalue weighted by atomic mass is 16.5. The summed E-state index contributed by atoms with van der Waals surface area (Å²) < 4.78 is 16.4. The molecule has 146 valence electrons. The van der Waals surface area contributed by atoms with E-state index in [1.807, 2.05) is 45.9 Å². The highest BCUT2D eigenvalue weighted by Gasteiger charge is 2.48. The molecule has 1 heterocycles. The Kier molecular flexibility index (Phi) is 5.76. The van der Waals surface area contributed by atoms with Crippen LogP contribution in [0.3, 0.4) is 0 Å². The molecule has 0 bridgehead atoms. The molecule has 0 saturated carbocycles. The van der Waals surface area contributed by atoms with Crippen LogP contribution in [0, 0.1) is 5.41 Å². The minimum Gasteiger partial charge on any atom is -0.493 e. The van der Waals surface area contributed by atoms with Crippen LogP contribution >= 0.6 is 0 Å². The molecule has 2 rings (SSSR count). The van der Waals surface area contributed by atoms with Gasteiger partial charge in [0.15, 0.2) is 11.5 Å². The van der Waals surface area contributed by atoms with Crippen LogP contribution in [0.2, 0.25) is 0 Å². The van der Waals surface area contributed by atoms with Crippen molar-refractivity contribution < 1.29 is 24.1 Å². The predicted molar refractivity (Wildman–Crippen MR) is 99.9 cm³/mol. The van der Waals surface area contributed by atoms with Crippen LogP contribution < -0.4 is 9.47 Å². The number of ether oxygens (including phenoxy) is 3. The van der Waals surface area contributed by atoms with E-state index in [2.05, 4.69) is 0 Å². The van der Waals surface area contributed by atoms with E-state index in [4.69, 9.17) is 14.2 Å². The Bertz CT molecular complexity index is 652. The summed E-state index contributed by atoms with van der Waals surface area (Å²) in [6.45, 7) is 10.6. The average Bonchev–Trinajstić information content (AvgIpc) is 2.92. The van der Waals surface area contributed by atoms with Gasteiger partial charge in [-0.05, 0) is 45.4 Å². The van der Waals surface area contributed by atoms with Crippen LogP contribution in [0.5, 0.6) is 11.5 Å². The van der Waals surface area contributed by atoms with Gasteiger partial charge in [-0.1, -0.05) is 13.0 Å². The Morgan fingerprint density at radius 3 is 2.46 bits per heavy atom. The SMILES string of the molecule is COC(=O)N1CC(c2ccc(OC)c(OC(C)(C)C)c2)[C@@](C)([C@@H](C)O)C1. The van der Waals surface area contributed by atoms with E-state index < -0.39 is 11.5 Å². The monoisotopic (exact) mass is 365 g/mol. The molecule has 3 atom stereocenters. The lowest BCUT2D eigenvalue weighted by Crippen LogP contribution is -2.38. The molecule has 1 fully saturated rings. The highest BCUT2D eigenvalue weighted by molar-refractivity contribution is 5.68. The van der Waals surface area contributed by atoms with Gasteiger partial charge in [0.1, 0.15) is 5.60 Å². The fourth-order valence-electron chi connectivity index (χ4n) is 3.51. The van der Waals surface area contributed by atoms with Crippen LogP contribution in [0.15, 0.2) is 18.2 Å². The summed E-state index contributed by atoms with van der Waals surface area (Å²) in [6.07, 6.45) is -0.963. The first kappa shape index (κ1) is 20.4. The smallest absolute Gasteiger partial charge is 0.409 e. The second kappa shape index (κ2) is 7.35. The van der Waals surface area contributed by atoms with Crippen molar-refractivity contribution >= 4 is 6.09 Å². The molecular formula is C20H31NO5. The summed E-state index contributed by atoms with van der Waals surface area (Å²) in [7, 11) is 2.98. The van der Waals surface area contributed by atoms with Crippen molar-refractivity contribution in [3.05, 3.63) is 23.8 Å². The number of nitrogens with zero attached hydrogens (tertiary/aromatic N) is 1. The van der Waals surface area contributed by atoms with Crippen molar-refractivity contribution in [3.8, 4) is 11.5 Å². The number of benzene rings is 1. The van der Waals surface area contributed by atoms with Crippen LogP contribution in [0.4, 0.5) is 4.79 Å². The van der Waals surface area contributed by atoms with Crippen LogP contribution in [-0.4, -0.2) is 55.1 Å². The molecule has 6 heteroatoms. The van der Waals surface area contributed by atoms with E-state index in [0.29, 0.717) is 24.6 Å². The number of carbonyl (C=O) groups is 1. The molecule has 0 aliphatic carbocycles. The largest absolute Gasteiger partial charge is 0.493 e. The minimum atomic E-state index is -0.587. The van der Waals surface area contributed by atoms with Crippen molar-refractivity contribution in [3.63, 3.8) is 0 Å². The summed E-state index contributed by atoms with van der Waals surface area (Å²) >= 11 is 0. The molecule has 1 unspecified atom stereocenters. The van der Waals surface area contributed by atoms with E-state index >= 15 is 0 Å². The third kappa shape index (κ3) is 4.06. The number of methoxy groups -OCH3 is 2. The second-order valence-corrected chi connectivity index (χ2v) is 8.21. The third-order valence-electron chi connectivity index (χ3n) is 5.12. The summed E-state index contributed by atoms with van der Waals surface area (Å²) in [6, 6.07) is 5.80. The Hall–Kier alpha value is -1.95. The molecule has 1 saturated heterocycles. The maximum absolute atomic E-state index is 12.0. The molecule has 6 nitrogen and oxygen atoms in total. The number of hydrogen-bond donors (Lipinski definition) is 1. The van der Waals surface area contributed by atoms with Crippen LogP contribution in [0.25, 0.3) is 0 Å². The van der Waals surface area contributed by atoms with Crippen LogP contribution in [0.1, 0.15) is 46.1 Å². The first-order valence-electron chi connectivity index (χ1n) is 8.89. The van der Waals surface area contributed by atoms with Crippen molar-refractivity contribution in [2.45, 2.75) is 52.2 Å². The maximum atomic E-state index is 12.0. The van der Waals surface area contributed by atoms with Gasteiger partial charge in [0.05, 0.1) is 20.3 Å². The van der Waals surface area contributed by atoms with E-state index in [-0.39, 0.29) is 17.6 Å². The Labute approximate surface area is 156 Å². The molecule has 0 radical (unpaired) electrons. The fourth-order valence-corrected chi connectivity index (χ4v) is 3.51. The summed E-state index contributed by atoms with van der Waals surface area (Å²) in [4.78, 5) is 13.7. The van der Waals surface area contributed by atoms with Crippen molar-refractivity contribution in [1.29, 1.82) is 0 Å². The standard InChI is InChI=1S/C20H31NO5/c1-13(22)20(5)12-21(18(23)25-7)11-15(20)14-8-9-16(24-6)17(10-14)26-19(2,3)4/h8-10,13,15,22H,11-12H2,1-7H3/t13-,15?,20-/m1/s1. The lowest BCUT2D eigenvalue weighted by Gasteiger charge is -2.34. The Morgan fingerprint density at radius 1 is 1.31 bits per heavy atom. The molecule has 0 aromatic heterocycles. The normalized spacial score (nSPS) is 24.3. The molecule has 1 amide bonds. The number of carbonyl (C=O) groups excluding carboxylic acids is 1. The average molecular weight is 365 g/mol. The molecular weight excluding hydrogens is 334 g/mol. The third-order valence-corrected chi connectivity index (χ3v) is 5.12. The maximum Gasteiger partial charge on any atom is 0.409 e. The molecule has 1 N–H and O–H groups in total. The van der Waals surface area contributed by atoms with Gasteiger partial charge >= 0.3 is 6.09 Å². The first-order chi connectivity index (χ1) is 12.0.